The average molecular weight is 770 g/mol. The van der Waals surface area contributed by atoms with Gasteiger partial charge in [-0.05, 0) is 71.8 Å². The summed E-state index contributed by atoms with van der Waals surface area (Å²) >= 11 is 0. The van der Waals surface area contributed by atoms with Gasteiger partial charge in [0.25, 0.3) is 6.17 Å². The molecule has 1 unspecified atom stereocenters. The second kappa shape index (κ2) is 17.1. The van der Waals surface area contributed by atoms with Crippen LogP contribution >= 0.6 is 0 Å². The number of para-hydroxylation sites is 1. The molecule has 55 heavy (non-hydrogen) atoms. The van der Waals surface area contributed by atoms with Crippen molar-refractivity contribution >= 4 is 40.6 Å². The number of carbonyl (C=O) groups excluding carboxylic acids is 4. The fourth-order valence-electron chi connectivity index (χ4n) is 8.52. The number of pyridine rings is 1. The summed E-state index contributed by atoms with van der Waals surface area (Å²) in [6.07, 6.45) is -3.01. The van der Waals surface area contributed by atoms with Crippen molar-refractivity contribution in [3.05, 3.63) is 48.2 Å². The minimum Gasteiger partial charge on any atom is -0.456 e. The zero-order valence-corrected chi connectivity index (χ0v) is 33.2. The van der Waals surface area contributed by atoms with Gasteiger partial charge in [-0.1, -0.05) is 58.0 Å². The third-order valence-corrected chi connectivity index (χ3v) is 11.6. The highest BCUT2D eigenvalue weighted by Gasteiger charge is 2.57. The van der Waals surface area contributed by atoms with Gasteiger partial charge in [-0.15, -0.1) is 0 Å². The molecule has 3 aliphatic heterocycles. The number of nitrogens with zero attached hydrogens (tertiary/aromatic N) is 2. The molecule has 302 valence electrons. The number of amides is 1. The highest BCUT2D eigenvalue weighted by Crippen LogP contribution is 2.40. The molecule has 2 N–H and O–H groups in total. The third-order valence-electron chi connectivity index (χ3n) is 11.6. The van der Waals surface area contributed by atoms with Crippen LogP contribution in [0, 0.1) is 17.8 Å². The van der Waals surface area contributed by atoms with Crippen LogP contribution in [-0.2, 0) is 38.1 Å². The number of benzene rings is 1. The number of esters is 1. The normalized spacial score (nSPS) is 38.1. The zero-order chi connectivity index (χ0) is 40.4. The number of aromatic nitrogens is 1. The first kappa shape index (κ1) is 42.3. The molecule has 14 heteroatoms. The smallest absolute Gasteiger partial charge is 0.408 e. The number of ether oxygens (including phenoxy) is 5. The van der Waals surface area contributed by atoms with Gasteiger partial charge in [-0.2, -0.15) is 0 Å². The van der Waals surface area contributed by atoms with Gasteiger partial charge >= 0.3 is 12.1 Å². The van der Waals surface area contributed by atoms with E-state index in [1.165, 1.54) is 13.8 Å². The van der Waals surface area contributed by atoms with Crippen LogP contribution in [0.1, 0.15) is 73.3 Å². The summed E-state index contributed by atoms with van der Waals surface area (Å²) in [6, 6.07) is 8.36. The third kappa shape index (κ3) is 8.93. The number of fused-ring (bicyclic) bond motifs is 2. The van der Waals surface area contributed by atoms with E-state index in [2.05, 4.69) is 10.3 Å². The first-order valence-electron chi connectivity index (χ1n) is 19.1. The van der Waals surface area contributed by atoms with Crippen LogP contribution in [0.25, 0.3) is 17.0 Å². The van der Waals surface area contributed by atoms with E-state index in [1.54, 1.807) is 40.0 Å². The summed E-state index contributed by atoms with van der Waals surface area (Å²) in [5, 5.41) is 15.1. The van der Waals surface area contributed by atoms with E-state index in [1.807, 2.05) is 62.3 Å². The number of nitrogens with one attached hydrogen (secondary N) is 1. The molecular weight excluding hydrogens is 713 g/mol. The molecule has 1 aromatic heterocycles. The molecule has 0 bridgehead atoms. The molecular formula is C41H56FN3O10. The van der Waals surface area contributed by atoms with E-state index in [0.717, 1.165) is 16.5 Å². The maximum atomic E-state index is 16.2. The van der Waals surface area contributed by atoms with Crippen LogP contribution < -0.4 is 5.32 Å². The number of aliphatic hydroxyl groups excluding tert-OH is 1. The standard InChI is InChI=1S/C41H56FN3O10/c1-10-30-41(7)35(44-39(50)55-41)24(4)32(46)22(2)20-40(6,51-17-13-14-26-19-27-15-11-12-16-28(27)43-21-26)36(25(5)33(47)31(42)37(49)53-30)54-38-34(48)29(45(8)9)18-23(3)52-38/h11-16,19,21-25,29-31,34-36,38,48H,10,17-18,20H2,1-9H3,(H,44,50)/b14-13+/t22-,23-,24+,25+,29+,30-,31?,34-,35-,36-,38+,40+,41-/m1/s1. The van der Waals surface area contributed by atoms with Gasteiger partial charge in [0.15, 0.2) is 17.7 Å². The number of hydrogen-bond acceptors (Lipinski definition) is 12. The summed E-state index contributed by atoms with van der Waals surface area (Å²) in [6.45, 7) is 11.5. The topological polar surface area (TPSA) is 163 Å². The molecule has 1 aromatic carbocycles. The number of Topliss-reactive ketones (excluding diaryl/α,β-unsaturated/α-hetero) is 2. The molecule has 3 saturated heterocycles. The summed E-state index contributed by atoms with van der Waals surface area (Å²) in [5.41, 5.74) is -1.41. The molecule has 0 spiro atoms. The van der Waals surface area contributed by atoms with Crippen molar-refractivity contribution < 1.29 is 52.4 Å². The molecule has 0 saturated carbocycles. The Hall–Kier alpha value is -3.82. The van der Waals surface area contributed by atoms with E-state index >= 15 is 4.39 Å². The van der Waals surface area contributed by atoms with Crippen molar-refractivity contribution in [2.24, 2.45) is 17.8 Å². The van der Waals surface area contributed by atoms with Gasteiger partial charge in [-0.3, -0.25) is 14.6 Å². The van der Waals surface area contributed by atoms with E-state index < -0.39 is 83.6 Å². The lowest BCUT2D eigenvalue weighted by atomic mass is 9.74. The molecule has 0 aliphatic carbocycles. The lowest BCUT2D eigenvalue weighted by molar-refractivity contribution is -0.296. The molecule has 0 radical (unpaired) electrons. The lowest BCUT2D eigenvalue weighted by Gasteiger charge is -2.47. The molecule has 5 rings (SSSR count). The molecule has 1 amide bonds. The SMILES string of the molecule is CC[C@H]1OC(=O)C(F)C(=O)[C@H](C)[C@@H](O[C@@H]2O[C@H](C)C[C@H](N(C)C)[C@H]2O)[C@@](C)(OC/C=C/c2cnc3ccccc3c2)C[C@@H](C)C(=O)[C@H](C)[C@H]2NC(=O)O[C@@]21C. The Balaban J connectivity index is 1.56. The van der Waals surface area contributed by atoms with Crippen LogP contribution in [0.5, 0.6) is 0 Å². The number of rotatable bonds is 8. The van der Waals surface area contributed by atoms with Crippen LogP contribution in [-0.4, -0.2) is 119 Å². The number of halogens is 1. The highest BCUT2D eigenvalue weighted by molar-refractivity contribution is 6.03. The van der Waals surface area contributed by atoms with Crippen LogP contribution in [0.3, 0.4) is 0 Å². The van der Waals surface area contributed by atoms with Crippen LogP contribution in [0.15, 0.2) is 42.6 Å². The number of hydrogen-bond donors (Lipinski definition) is 2. The molecule has 3 aliphatic rings. The second-order valence-electron chi connectivity index (χ2n) is 16.0. The summed E-state index contributed by atoms with van der Waals surface area (Å²) < 4.78 is 46.7. The van der Waals surface area contributed by atoms with Crippen molar-refractivity contribution in [3.8, 4) is 0 Å². The lowest BCUT2D eigenvalue weighted by Crippen LogP contribution is -2.60. The van der Waals surface area contributed by atoms with E-state index in [0.29, 0.717) is 6.42 Å². The Morgan fingerprint density at radius 1 is 1.07 bits per heavy atom. The minimum absolute atomic E-state index is 0.0316. The Kier molecular flexibility index (Phi) is 13.2. The van der Waals surface area contributed by atoms with Crippen molar-refractivity contribution in [2.75, 3.05) is 20.7 Å². The molecule has 13 nitrogen and oxygen atoms in total. The maximum absolute atomic E-state index is 16.2. The second-order valence-corrected chi connectivity index (χ2v) is 16.0. The minimum atomic E-state index is -2.74. The number of likely N-dealkylation sites (N-methyl/N-ethyl adjacent to an activating group) is 1. The van der Waals surface area contributed by atoms with Crippen LogP contribution in [0.4, 0.5) is 9.18 Å². The van der Waals surface area contributed by atoms with Crippen molar-refractivity contribution in [1.82, 2.24) is 15.2 Å². The molecule has 2 aromatic rings. The molecule has 3 fully saturated rings. The van der Waals surface area contributed by atoms with Gasteiger partial charge < -0.3 is 39.0 Å². The first-order valence-corrected chi connectivity index (χ1v) is 19.1. The van der Waals surface area contributed by atoms with E-state index in [4.69, 9.17) is 23.7 Å². The number of alkyl carbamates (subject to hydrolysis) is 1. The van der Waals surface area contributed by atoms with E-state index in [-0.39, 0.29) is 37.4 Å². The van der Waals surface area contributed by atoms with Crippen molar-refractivity contribution in [1.29, 1.82) is 0 Å². The summed E-state index contributed by atoms with van der Waals surface area (Å²) in [4.78, 5) is 60.8. The highest BCUT2D eigenvalue weighted by atomic mass is 19.1. The predicted octanol–water partition coefficient (Wildman–Crippen LogP) is 4.81. The van der Waals surface area contributed by atoms with Gasteiger partial charge in [0.05, 0.1) is 36.0 Å². The number of alkyl halides is 1. The van der Waals surface area contributed by atoms with Gasteiger partial charge in [0, 0.05) is 35.4 Å². The Morgan fingerprint density at radius 3 is 2.47 bits per heavy atom. The fraction of sp³-hybridized carbons (Fsp3) is 0.634. The van der Waals surface area contributed by atoms with Crippen LogP contribution in [0.2, 0.25) is 0 Å². The summed E-state index contributed by atoms with van der Waals surface area (Å²) in [5.74, 6) is -5.85. The Labute approximate surface area is 322 Å². The number of aliphatic hydroxyl groups is 1. The largest absolute Gasteiger partial charge is 0.456 e. The Morgan fingerprint density at radius 2 is 1.78 bits per heavy atom. The predicted molar refractivity (Wildman–Crippen MR) is 201 cm³/mol. The quantitative estimate of drug-likeness (QED) is 0.279. The number of carbonyl (C=O) groups is 4. The van der Waals surface area contributed by atoms with Crippen molar-refractivity contribution in [3.63, 3.8) is 0 Å². The van der Waals surface area contributed by atoms with Gasteiger partial charge in [-0.25, -0.2) is 14.0 Å². The van der Waals surface area contributed by atoms with E-state index in [9.17, 15) is 24.3 Å². The van der Waals surface area contributed by atoms with Gasteiger partial charge in [0.1, 0.15) is 18.0 Å². The Bertz CT molecular complexity index is 1760. The summed E-state index contributed by atoms with van der Waals surface area (Å²) in [7, 11) is 3.64. The van der Waals surface area contributed by atoms with Crippen molar-refractivity contribution in [2.45, 2.75) is 128 Å². The maximum Gasteiger partial charge on any atom is 0.408 e. The number of ketones is 2. The fourth-order valence-corrected chi connectivity index (χ4v) is 8.52. The molecule has 4 heterocycles. The molecule has 13 atom stereocenters. The number of cyclic esters (lactones) is 1. The monoisotopic (exact) mass is 769 g/mol. The average Bonchev–Trinajstić information content (AvgIpc) is 3.47. The first-order chi connectivity index (χ1) is 25.9. The zero-order valence-electron chi connectivity index (χ0n) is 33.2. The van der Waals surface area contributed by atoms with Gasteiger partial charge in [0.2, 0.25) is 0 Å².